The Morgan fingerprint density at radius 3 is 2.61 bits per heavy atom. The molecule has 2 atom stereocenters. The summed E-state index contributed by atoms with van der Waals surface area (Å²) in [6.45, 7) is 0.406. The number of sulfonamides is 2. The van der Waals surface area contributed by atoms with Gasteiger partial charge in [-0.2, -0.15) is 5.21 Å². The lowest BCUT2D eigenvalue weighted by Crippen LogP contribution is -2.48. The number of primary sulfonamides is 1. The number of aromatic amines is 1. The number of piperidine rings is 1. The van der Waals surface area contributed by atoms with Gasteiger partial charge in [-0.1, -0.05) is 0 Å². The number of aromatic nitrogens is 4. The second-order valence-corrected chi connectivity index (χ2v) is 10.3. The number of alkyl halides is 1. The molecule has 1 aliphatic rings. The first-order valence-corrected chi connectivity index (χ1v) is 12.4. The Labute approximate surface area is 178 Å². The van der Waals surface area contributed by atoms with E-state index in [9.17, 15) is 21.2 Å². The van der Waals surface area contributed by atoms with Crippen molar-refractivity contribution in [1.82, 2.24) is 25.3 Å². The number of hydrogen-bond acceptors (Lipinski definition) is 10. The van der Waals surface area contributed by atoms with Gasteiger partial charge in [-0.25, -0.2) is 31.1 Å². The van der Waals surface area contributed by atoms with Gasteiger partial charge >= 0.3 is 0 Å². The van der Waals surface area contributed by atoms with Crippen LogP contribution in [0.1, 0.15) is 12.8 Å². The minimum Gasteiger partial charge on any atom is -0.368 e. The Morgan fingerprint density at radius 1 is 1.29 bits per heavy atom. The molecule has 0 unspecified atom stereocenters. The van der Waals surface area contributed by atoms with E-state index in [1.807, 2.05) is 0 Å². The standard InChI is InChI=1S/C15H24FN9O4S2/c16-9-8-25(7-4-10(9)18)11-2-3-12(31(28,29)20-6-1-5-17)14(30(19,26)27)13(11)15-21-23-24-22-15/h2-3,9-10,20H,1,4-8,17-18H2,(H2,19,26,27)(H,21,22,23,24)/t9-,10+/m0/s1. The molecule has 13 nitrogen and oxygen atoms in total. The van der Waals surface area contributed by atoms with Crippen molar-refractivity contribution in [2.75, 3.05) is 31.1 Å². The van der Waals surface area contributed by atoms with Gasteiger partial charge in [0.2, 0.25) is 25.9 Å². The van der Waals surface area contributed by atoms with Gasteiger partial charge in [-0.05, 0) is 36.7 Å². The smallest absolute Gasteiger partial charge is 0.241 e. The molecule has 16 heteroatoms. The van der Waals surface area contributed by atoms with Crippen LogP contribution in [-0.2, 0) is 20.0 Å². The number of nitrogens with two attached hydrogens (primary N) is 3. The molecule has 1 aliphatic heterocycles. The van der Waals surface area contributed by atoms with Crippen molar-refractivity contribution in [3.05, 3.63) is 12.1 Å². The average Bonchev–Trinajstić information content (AvgIpc) is 3.23. The van der Waals surface area contributed by atoms with E-state index in [-0.39, 0.29) is 36.7 Å². The van der Waals surface area contributed by atoms with E-state index in [1.165, 1.54) is 6.07 Å². The first kappa shape index (κ1) is 23.4. The Balaban J connectivity index is 2.24. The van der Waals surface area contributed by atoms with E-state index in [1.54, 1.807) is 4.90 Å². The van der Waals surface area contributed by atoms with Crippen molar-refractivity contribution in [2.45, 2.75) is 34.8 Å². The SMILES string of the molecule is NCCCNS(=O)(=O)c1ccc(N2CC[C@@H](N)[C@@H](F)C2)c(-c2nn[nH]n2)c1S(N)(=O)=O. The third-order valence-corrected chi connectivity index (χ3v) is 7.47. The molecule has 0 aliphatic carbocycles. The van der Waals surface area contributed by atoms with E-state index in [0.717, 1.165) is 6.07 Å². The predicted molar refractivity (Wildman–Crippen MR) is 110 cm³/mol. The summed E-state index contributed by atoms with van der Waals surface area (Å²) < 4.78 is 67.4. The second kappa shape index (κ2) is 9.09. The highest BCUT2D eigenvalue weighted by atomic mass is 32.2. The van der Waals surface area contributed by atoms with Crippen LogP contribution >= 0.6 is 0 Å². The van der Waals surface area contributed by atoms with E-state index in [4.69, 9.17) is 16.6 Å². The molecule has 2 heterocycles. The summed E-state index contributed by atoms with van der Waals surface area (Å²) in [6, 6.07) is 1.81. The summed E-state index contributed by atoms with van der Waals surface area (Å²) in [5, 5.41) is 18.7. The quantitative estimate of drug-likeness (QED) is 0.264. The van der Waals surface area contributed by atoms with Crippen LogP contribution in [0.3, 0.4) is 0 Å². The van der Waals surface area contributed by atoms with Crippen LogP contribution in [0.4, 0.5) is 10.1 Å². The number of anilines is 1. The minimum atomic E-state index is -4.60. The highest BCUT2D eigenvalue weighted by Gasteiger charge is 2.35. The fourth-order valence-corrected chi connectivity index (χ4v) is 5.99. The van der Waals surface area contributed by atoms with Gasteiger partial charge in [0.25, 0.3) is 0 Å². The van der Waals surface area contributed by atoms with Crippen LogP contribution in [0.15, 0.2) is 21.9 Å². The molecule has 1 aromatic carbocycles. The average molecular weight is 478 g/mol. The lowest BCUT2D eigenvalue weighted by Gasteiger charge is -2.35. The topological polar surface area (TPSA) is 216 Å². The maximum absolute atomic E-state index is 14.3. The molecule has 0 radical (unpaired) electrons. The Bertz CT molecular complexity index is 1130. The van der Waals surface area contributed by atoms with E-state index < -0.39 is 42.1 Å². The van der Waals surface area contributed by atoms with Crippen molar-refractivity contribution in [1.29, 1.82) is 0 Å². The number of hydrogen-bond donors (Lipinski definition) is 5. The predicted octanol–water partition coefficient (Wildman–Crippen LogP) is -1.98. The van der Waals surface area contributed by atoms with Gasteiger partial charge in [0.1, 0.15) is 16.0 Å². The second-order valence-electron chi connectivity index (χ2n) is 7.02. The number of benzene rings is 1. The number of rotatable bonds is 8. The highest BCUT2D eigenvalue weighted by Crippen LogP contribution is 2.39. The molecular weight excluding hydrogens is 453 g/mol. The van der Waals surface area contributed by atoms with E-state index in [2.05, 4.69) is 25.3 Å². The molecule has 1 aromatic heterocycles. The number of halogens is 1. The lowest BCUT2D eigenvalue weighted by atomic mass is 10.0. The zero-order chi connectivity index (χ0) is 22.8. The number of nitrogens with one attached hydrogen (secondary N) is 2. The van der Waals surface area contributed by atoms with Crippen LogP contribution in [0.25, 0.3) is 11.4 Å². The Hall–Kier alpha value is -2.24. The molecule has 8 N–H and O–H groups in total. The molecule has 0 amide bonds. The van der Waals surface area contributed by atoms with Crippen molar-refractivity contribution in [2.24, 2.45) is 16.6 Å². The van der Waals surface area contributed by atoms with Crippen LogP contribution in [0, 0.1) is 0 Å². The largest absolute Gasteiger partial charge is 0.368 e. The zero-order valence-electron chi connectivity index (χ0n) is 16.4. The Kier molecular flexibility index (Phi) is 6.87. The first-order chi connectivity index (χ1) is 14.6. The van der Waals surface area contributed by atoms with Crippen LogP contribution in [0.2, 0.25) is 0 Å². The molecule has 1 saturated heterocycles. The molecule has 172 valence electrons. The van der Waals surface area contributed by atoms with Crippen molar-refractivity contribution in [3.8, 4) is 11.4 Å². The molecule has 0 bridgehead atoms. The normalized spacial score (nSPS) is 20.2. The first-order valence-electron chi connectivity index (χ1n) is 9.34. The fourth-order valence-electron chi connectivity index (χ4n) is 3.32. The van der Waals surface area contributed by atoms with Gasteiger partial charge in [-0.3, -0.25) is 0 Å². The third kappa shape index (κ3) is 4.99. The number of H-pyrrole nitrogens is 1. The van der Waals surface area contributed by atoms with Crippen LogP contribution in [0.5, 0.6) is 0 Å². The molecule has 1 fully saturated rings. The summed E-state index contributed by atoms with van der Waals surface area (Å²) in [5.74, 6) is -0.205. The van der Waals surface area contributed by atoms with Crippen molar-refractivity contribution >= 4 is 25.7 Å². The summed E-state index contributed by atoms with van der Waals surface area (Å²) in [5.41, 5.74) is 11.1. The molecule has 0 spiro atoms. The van der Waals surface area contributed by atoms with Crippen LogP contribution < -0.4 is 26.2 Å². The van der Waals surface area contributed by atoms with Gasteiger partial charge < -0.3 is 16.4 Å². The molecule has 2 aromatic rings. The molecule has 3 rings (SSSR count). The van der Waals surface area contributed by atoms with E-state index >= 15 is 0 Å². The zero-order valence-corrected chi connectivity index (χ0v) is 18.0. The molecule has 31 heavy (non-hydrogen) atoms. The number of nitrogens with zero attached hydrogens (tertiary/aromatic N) is 4. The fraction of sp³-hybridized carbons (Fsp3) is 0.533. The lowest BCUT2D eigenvalue weighted by molar-refractivity contribution is 0.251. The van der Waals surface area contributed by atoms with Gasteiger partial charge in [0, 0.05) is 24.8 Å². The number of tetrazole rings is 1. The van der Waals surface area contributed by atoms with Crippen molar-refractivity contribution in [3.63, 3.8) is 0 Å². The third-order valence-electron chi connectivity index (χ3n) is 4.85. The minimum absolute atomic E-state index is 0.00423. The van der Waals surface area contributed by atoms with Gasteiger partial charge in [0.05, 0.1) is 12.1 Å². The summed E-state index contributed by atoms with van der Waals surface area (Å²) in [6.07, 6.45) is -0.727. The highest BCUT2D eigenvalue weighted by molar-refractivity contribution is 7.92. The van der Waals surface area contributed by atoms with Gasteiger partial charge in [-0.15, -0.1) is 10.2 Å². The summed E-state index contributed by atoms with van der Waals surface area (Å²) in [4.78, 5) is 0.255. The maximum Gasteiger partial charge on any atom is 0.241 e. The summed E-state index contributed by atoms with van der Waals surface area (Å²) in [7, 11) is -8.89. The maximum atomic E-state index is 14.3. The molecular formula is C15H24FN9O4S2. The van der Waals surface area contributed by atoms with Crippen molar-refractivity contribution < 1.29 is 21.2 Å². The van der Waals surface area contributed by atoms with E-state index in [0.29, 0.717) is 19.4 Å². The molecule has 0 saturated carbocycles. The van der Waals surface area contributed by atoms with Crippen LogP contribution in [-0.4, -0.2) is 75.9 Å². The van der Waals surface area contributed by atoms with Gasteiger partial charge in [0.15, 0.2) is 0 Å². The monoisotopic (exact) mass is 477 g/mol. The summed E-state index contributed by atoms with van der Waals surface area (Å²) >= 11 is 0. The Morgan fingerprint density at radius 2 is 2.03 bits per heavy atom.